The van der Waals surface area contributed by atoms with Crippen molar-refractivity contribution in [3.05, 3.63) is 65.7 Å². The van der Waals surface area contributed by atoms with Crippen molar-refractivity contribution in [3.8, 4) is 5.75 Å². The van der Waals surface area contributed by atoms with E-state index in [0.717, 1.165) is 16.9 Å². The summed E-state index contributed by atoms with van der Waals surface area (Å²) in [5.74, 6) is -0.192. The average molecular weight is 314 g/mol. The third-order valence-electron chi connectivity index (χ3n) is 3.62. The van der Waals surface area contributed by atoms with Crippen LogP contribution < -0.4 is 15.8 Å². The monoisotopic (exact) mass is 314 g/mol. The predicted molar refractivity (Wildman–Crippen MR) is 88.7 cm³/mol. The largest absolute Gasteiger partial charge is 0.489 e. The molecule has 0 saturated carbocycles. The summed E-state index contributed by atoms with van der Waals surface area (Å²) in [6.07, 6.45) is -0.819. The molecule has 0 radical (unpaired) electrons. The Morgan fingerprint density at radius 3 is 2.35 bits per heavy atom. The van der Waals surface area contributed by atoms with Gasteiger partial charge in [-0.2, -0.15) is 0 Å². The summed E-state index contributed by atoms with van der Waals surface area (Å²) in [4.78, 5) is 11.7. The van der Waals surface area contributed by atoms with Gasteiger partial charge < -0.3 is 20.9 Å². The number of carbonyl (C=O) groups is 1. The van der Waals surface area contributed by atoms with Crippen molar-refractivity contribution in [1.82, 2.24) is 5.32 Å². The van der Waals surface area contributed by atoms with Gasteiger partial charge in [0.25, 0.3) is 0 Å². The quantitative estimate of drug-likeness (QED) is 0.675. The zero-order valence-electron chi connectivity index (χ0n) is 13.1. The van der Waals surface area contributed by atoms with Gasteiger partial charge in [0.15, 0.2) is 0 Å². The van der Waals surface area contributed by atoms with Crippen LogP contribution in [0.4, 0.5) is 0 Å². The van der Waals surface area contributed by atoms with Crippen molar-refractivity contribution in [1.29, 1.82) is 0 Å². The van der Waals surface area contributed by atoms with E-state index in [1.807, 2.05) is 54.6 Å². The molecular weight excluding hydrogens is 292 g/mol. The van der Waals surface area contributed by atoms with Gasteiger partial charge in [0.1, 0.15) is 18.6 Å². The maximum absolute atomic E-state index is 11.7. The molecule has 2 aromatic carbocycles. The van der Waals surface area contributed by atoms with E-state index < -0.39 is 12.1 Å². The predicted octanol–water partition coefficient (Wildman–Crippen LogP) is 1.45. The molecule has 0 aliphatic heterocycles. The first-order valence-electron chi connectivity index (χ1n) is 7.51. The summed E-state index contributed by atoms with van der Waals surface area (Å²) in [7, 11) is 1.53. The van der Waals surface area contributed by atoms with E-state index in [-0.39, 0.29) is 5.91 Å². The topological polar surface area (TPSA) is 84.6 Å². The molecule has 122 valence electrons. The summed E-state index contributed by atoms with van der Waals surface area (Å²) in [5, 5.41) is 12.0. The average Bonchev–Trinajstić information content (AvgIpc) is 2.59. The van der Waals surface area contributed by atoms with Crippen molar-refractivity contribution in [2.75, 3.05) is 7.05 Å². The molecule has 0 aromatic heterocycles. The molecular formula is C18H22N2O3. The Labute approximate surface area is 136 Å². The standard InChI is InChI=1S/C18H22N2O3/c1-20-18(22)16(17(19)21)11-13-7-9-15(10-8-13)23-12-14-5-3-2-4-6-14/h2-10,16-17,21H,11-12,19H2,1H3,(H,20,22). The van der Waals surface area contributed by atoms with Crippen LogP contribution in [0.25, 0.3) is 0 Å². The lowest BCUT2D eigenvalue weighted by atomic mass is 9.97. The van der Waals surface area contributed by atoms with Gasteiger partial charge in [0.2, 0.25) is 5.91 Å². The fourth-order valence-corrected chi connectivity index (χ4v) is 2.27. The van der Waals surface area contributed by atoms with Gasteiger partial charge in [0.05, 0.1) is 5.92 Å². The molecule has 2 aromatic rings. The van der Waals surface area contributed by atoms with Crippen LogP contribution in [-0.4, -0.2) is 24.3 Å². The number of carbonyl (C=O) groups excluding carboxylic acids is 1. The van der Waals surface area contributed by atoms with Crippen molar-refractivity contribution in [2.24, 2.45) is 11.7 Å². The highest BCUT2D eigenvalue weighted by Crippen LogP contribution is 2.17. The van der Waals surface area contributed by atoms with E-state index in [9.17, 15) is 9.90 Å². The molecule has 0 heterocycles. The third kappa shape index (κ3) is 5.09. The molecule has 23 heavy (non-hydrogen) atoms. The number of amides is 1. The van der Waals surface area contributed by atoms with Crippen molar-refractivity contribution >= 4 is 5.91 Å². The molecule has 0 spiro atoms. The van der Waals surface area contributed by atoms with Crippen LogP contribution in [0, 0.1) is 5.92 Å². The summed E-state index contributed by atoms with van der Waals surface area (Å²) >= 11 is 0. The van der Waals surface area contributed by atoms with Gasteiger partial charge >= 0.3 is 0 Å². The number of benzene rings is 2. The SMILES string of the molecule is CNC(=O)C(Cc1ccc(OCc2ccccc2)cc1)C(N)O. The van der Waals surface area contributed by atoms with Gasteiger partial charge in [-0.05, 0) is 29.7 Å². The second kappa shape index (κ2) is 8.31. The second-order valence-electron chi connectivity index (χ2n) is 5.33. The fraction of sp³-hybridized carbons (Fsp3) is 0.278. The second-order valence-corrected chi connectivity index (χ2v) is 5.33. The Morgan fingerprint density at radius 2 is 1.78 bits per heavy atom. The van der Waals surface area contributed by atoms with Crippen LogP contribution in [-0.2, 0) is 17.8 Å². The number of ether oxygens (including phenoxy) is 1. The van der Waals surface area contributed by atoms with E-state index in [2.05, 4.69) is 5.32 Å². The van der Waals surface area contributed by atoms with Crippen molar-refractivity contribution in [2.45, 2.75) is 19.3 Å². The van der Waals surface area contributed by atoms with Crippen molar-refractivity contribution in [3.63, 3.8) is 0 Å². The van der Waals surface area contributed by atoms with Crippen LogP contribution in [0.15, 0.2) is 54.6 Å². The Hall–Kier alpha value is -2.37. The summed E-state index contributed by atoms with van der Waals surface area (Å²) in [5.41, 5.74) is 7.48. The molecule has 0 saturated heterocycles. The Kier molecular flexibility index (Phi) is 6.14. The number of aliphatic hydroxyl groups excluding tert-OH is 1. The van der Waals surface area contributed by atoms with Crippen LogP contribution in [0.1, 0.15) is 11.1 Å². The highest BCUT2D eigenvalue weighted by Gasteiger charge is 2.23. The van der Waals surface area contributed by atoms with Crippen LogP contribution in [0.3, 0.4) is 0 Å². The van der Waals surface area contributed by atoms with E-state index in [4.69, 9.17) is 10.5 Å². The van der Waals surface area contributed by atoms with E-state index in [1.54, 1.807) is 0 Å². The van der Waals surface area contributed by atoms with E-state index in [0.29, 0.717) is 13.0 Å². The first-order chi connectivity index (χ1) is 11.1. The lowest BCUT2D eigenvalue weighted by Crippen LogP contribution is -2.41. The molecule has 5 nitrogen and oxygen atoms in total. The molecule has 0 aliphatic rings. The van der Waals surface area contributed by atoms with E-state index in [1.165, 1.54) is 7.05 Å². The van der Waals surface area contributed by atoms with Crippen LogP contribution in [0.5, 0.6) is 5.75 Å². The van der Waals surface area contributed by atoms with Gasteiger partial charge in [-0.1, -0.05) is 42.5 Å². The molecule has 0 fully saturated rings. The molecule has 2 atom stereocenters. The van der Waals surface area contributed by atoms with Gasteiger partial charge in [-0.15, -0.1) is 0 Å². The molecule has 0 bridgehead atoms. The number of hydrogen-bond acceptors (Lipinski definition) is 4. The molecule has 4 N–H and O–H groups in total. The fourth-order valence-electron chi connectivity index (χ4n) is 2.27. The maximum Gasteiger partial charge on any atom is 0.227 e. The minimum absolute atomic E-state index is 0.274. The Morgan fingerprint density at radius 1 is 1.13 bits per heavy atom. The third-order valence-corrected chi connectivity index (χ3v) is 3.62. The highest BCUT2D eigenvalue weighted by atomic mass is 16.5. The minimum atomic E-state index is -1.19. The Balaban J connectivity index is 1.94. The number of aliphatic hydroxyl groups is 1. The lowest BCUT2D eigenvalue weighted by molar-refractivity contribution is -0.127. The van der Waals surface area contributed by atoms with E-state index >= 15 is 0 Å². The molecule has 1 amide bonds. The zero-order chi connectivity index (χ0) is 16.7. The summed E-state index contributed by atoms with van der Waals surface area (Å²) in [6.45, 7) is 0.503. The lowest BCUT2D eigenvalue weighted by Gasteiger charge is -2.18. The summed E-state index contributed by atoms with van der Waals surface area (Å²) in [6, 6.07) is 17.4. The van der Waals surface area contributed by atoms with Gasteiger partial charge in [0, 0.05) is 7.05 Å². The smallest absolute Gasteiger partial charge is 0.227 e. The van der Waals surface area contributed by atoms with Crippen molar-refractivity contribution < 1.29 is 14.6 Å². The van der Waals surface area contributed by atoms with Crippen LogP contribution in [0.2, 0.25) is 0 Å². The first kappa shape index (κ1) is 17.0. The molecule has 2 rings (SSSR count). The highest BCUT2D eigenvalue weighted by molar-refractivity contribution is 5.79. The number of hydrogen-bond donors (Lipinski definition) is 3. The van der Waals surface area contributed by atoms with Gasteiger partial charge in [-0.3, -0.25) is 4.79 Å². The minimum Gasteiger partial charge on any atom is -0.489 e. The maximum atomic E-state index is 11.7. The van der Waals surface area contributed by atoms with Gasteiger partial charge in [-0.25, -0.2) is 0 Å². The zero-order valence-corrected chi connectivity index (χ0v) is 13.1. The Bertz CT molecular complexity index is 612. The van der Waals surface area contributed by atoms with Crippen LogP contribution >= 0.6 is 0 Å². The normalized spacial score (nSPS) is 13.2. The first-order valence-corrected chi connectivity index (χ1v) is 7.51. The summed E-state index contributed by atoms with van der Waals surface area (Å²) < 4.78 is 5.71. The number of nitrogens with one attached hydrogen (secondary N) is 1. The number of rotatable bonds is 7. The number of nitrogens with two attached hydrogens (primary N) is 1. The molecule has 5 heteroatoms. The molecule has 2 unspecified atom stereocenters. The molecule has 0 aliphatic carbocycles.